The van der Waals surface area contributed by atoms with Gasteiger partial charge >= 0.3 is 0 Å². The summed E-state index contributed by atoms with van der Waals surface area (Å²) in [7, 11) is 0. The number of carbonyl (C=O) groups is 1. The van der Waals surface area contributed by atoms with Gasteiger partial charge in [0.2, 0.25) is 5.67 Å². The van der Waals surface area contributed by atoms with Crippen LogP contribution >= 0.6 is 0 Å². The fourth-order valence-corrected chi connectivity index (χ4v) is 3.12. The Morgan fingerprint density at radius 2 is 2.08 bits per heavy atom. The van der Waals surface area contributed by atoms with E-state index in [2.05, 4.69) is 15.5 Å². The summed E-state index contributed by atoms with van der Waals surface area (Å²) in [6.07, 6.45) is 0.203. The molecule has 2 aromatic rings. The van der Waals surface area contributed by atoms with Gasteiger partial charge in [-0.3, -0.25) is 9.69 Å². The quantitative estimate of drug-likeness (QED) is 0.907. The molecule has 1 amide bonds. The van der Waals surface area contributed by atoms with Crippen LogP contribution < -0.4 is 5.32 Å². The first-order valence-corrected chi connectivity index (χ1v) is 8.75. The minimum atomic E-state index is -1.87. The summed E-state index contributed by atoms with van der Waals surface area (Å²) >= 11 is 0. The van der Waals surface area contributed by atoms with Gasteiger partial charge in [0.1, 0.15) is 0 Å². The van der Waals surface area contributed by atoms with Gasteiger partial charge in [-0.05, 0) is 58.4 Å². The molecule has 1 aliphatic heterocycles. The van der Waals surface area contributed by atoms with E-state index in [0.29, 0.717) is 23.9 Å². The normalized spacial score (nSPS) is 21.2. The number of halogens is 1. The van der Waals surface area contributed by atoms with E-state index in [9.17, 15) is 4.79 Å². The Labute approximate surface area is 152 Å². The molecule has 1 aliphatic rings. The van der Waals surface area contributed by atoms with Crippen molar-refractivity contribution in [2.45, 2.75) is 52.2 Å². The summed E-state index contributed by atoms with van der Waals surface area (Å²) in [6.45, 7) is 10.4. The molecule has 2 heterocycles. The lowest BCUT2D eigenvalue weighted by molar-refractivity contribution is -0.126. The maximum absolute atomic E-state index is 15.2. The van der Waals surface area contributed by atoms with E-state index in [1.165, 1.54) is 0 Å². The molecule has 0 saturated carbocycles. The fourth-order valence-electron chi connectivity index (χ4n) is 3.12. The Hall–Kier alpha value is -2.28. The summed E-state index contributed by atoms with van der Waals surface area (Å²) in [5.41, 5.74) is 0.119. The molecule has 1 fully saturated rings. The van der Waals surface area contributed by atoms with Crippen LogP contribution in [0.2, 0.25) is 0 Å². The van der Waals surface area contributed by atoms with Gasteiger partial charge in [-0.25, -0.2) is 4.39 Å². The first kappa shape index (κ1) is 18.5. The number of carbonyl (C=O) groups excluding carboxylic acids is 1. The Morgan fingerprint density at radius 1 is 1.35 bits per heavy atom. The first-order valence-electron chi connectivity index (χ1n) is 8.75. The van der Waals surface area contributed by atoms with Crippen molar-refractivity contribution in [2.24, 2.45) is 0 Å². The number of hydrogen-bond acceptors (Lipinski definition) is 5. The average molecular weight is 360 g/mol. The molecule has 7 heteroatoms. The lowest BCUT2D eigenvalue weighted by Crippen LogP contribution is -2.46. The van der Waals surface area contributed by atoms with Crippen LogP contribution in [-0.4, -0.2) is 45.2 Å². The van der Waals surface area contributed by atoms with Crippen LogP contribution in [0.25, 0.3) is 11.5 Å². The first-order chi connectivity index (χ1) is 12.1. The zero-order valence-electron chi connectivity index (χ0n) is 15.9. The maximum Gasteiger partial charge on any atom is 0.263 e. The van der Waals surface area contributed by atoms with Crippen molar-refractivity contribution >= 4 is 11.6 Å². The minimum absolute atomic E-state index is 0.112. The third kappa shape index (κ3) is 3.62. The summed E-state index contributed by atoms with van der Waals surface area (Å²) in [4.78, 5) is 18.8. The van der Waals surface area contributed by atoms with E-state index in [0.717, 1.165) is 11.1 Å². The SMILES string of the molecule is Cc1noc(-c2ccc(NC(=O)C3(F)CCN(C(C)(C)C)C3)c(C)c2)n1. The highest BCUT2D eigenvalue weighted by atomic mass is 19.1. The van der Waals surface area contributed by atoms with Gasteiger partial charge in [0.15, 0.2) is 5.82 Å². The van der Waals surface area contributed by atoms with Crippen LogP contribution in [0.4, 0.5) is 10.1 Å². The van der Waals surface area contributed by atoms with Crippen LogP contribution in [-0.2, 0) is 4.79 Å². The lowest BCUT2D eigenvalue weighted by Gasteiger charge is -2.32. The maximum atomic E-state index is 15.2. The predicted molar refractivity (Wildman–Crippen MR) is 97.6 cm³/mol. The molecule has 1 aromatic carbocycles. The van der Waals surface area contributed by atoms with Gasteiger partial charge in [0.25, 0.3) is 11.8 Å². The van der Waals surface area contributed by atoms with Crippen LogP contribution in [0.3, 0.4) is 0 Å². The van der Waals surface area contributed by atoms with Crippen LogP contribution in [0, 0.1) is 13.8 Å². The standard InChI is InChI=1S/C19H25FN4O2/c1-12-10-14(16-21-13(2)23-26-16)6-7-15(12)22-17(25)19(20)8-9-24(11-19)18(3,4)5/h6-7,10H,8-9,11H2,1-5H3,(H,22,25). The molecule has 3 rings (SSSR count). The van der Waals surface area contributed by atoms with Crippen molar-refractivity contribution in [2.75, 3.05) is 18.4 Å². The lowest BCUT2D eigenvalue weighted by atomic mass is 10.0. The summed E-state index contributed by atoms with van der Waals surface area (Å²) < 4.78 is 20.3. The van der Waals surface area contributed by atoms with Gasteiger partial charge in [-0.2, -0.15) is 4.98 Å². The Bertz CT molecular complexity index is 827. The van der Waals surface area contributed by atoms with Crippen molar-refractivity contribution in [3.63, 3.8) is 0 Å². The van der Waals surface area contributed by atoms with Crippen molar-refractivity contribution in [1.82, 2.24) is 15.0 Å². The Kier molecular flexibility index (Phi) is 4.60. The van der Waals surface area contributed by atoms with E-state index in [1.807, 2.05) is 38.7 Å². The monoisotopic (exact) mass is 360 g/mol. The third-order valence-electron chi connectivity index (χ3n) is 4.82. The second-order valence-corrected chi connectivity index (χ2v) is 7.94. The molecule has 140 valence electrons. The molecule has 1 unspecified atom stereocenters. The van der Waals surface area contributed by atoms with Gasteiger partial charge < -0.3 is 9.84 Å². The Balaban J connectivity index is 1.74. The molecule has 6 nitrogen and oxygen atoms in total. The molecule has 0 radical (unpaired) electrons. The third-order valence-corrected chi connectivity index (χ3v) is 4.82. The van der Waals surface area contributed by atoms with Crippen LogP contribution in [0.5, 0.6) is 0 Å². The molecule has 26 heavy (non-hydrogen) atoms. The molecular weight excluding hydrogens is 335 g/mol. The predicted octanol–water partition coefficient (Wildman–Crippen LogP) is 3.50. The van der Waals surface area contributed by atoms with Crippen molar-refractivity contribution < 1.29 is 13.7 Å². The molecule has 0 aliphatic carbocycles. The van der Waals surface area contributed by atoms with Crippen molar-refractivity contribution in [3.8, 4) is 11.5 Å². The molecule has 1 N–H and O–H groups in total. The van der Waals surface area contributed by atoms with Crippen molar-refractivity contribution in [1.29, 1.82) is 0 Å². The van der Waals surface area contributed by atoms with Gasteiger partial charge in [-0.1, -0.05) is 5.16 Å². The molecule has 0 spiro atoms. The number of aryl methyl sites for hydroxylation is 2. The number of hydrogen-bond donors (Lipinski definition) is 1. The van der Waals surface area contributed by atoms with Gasteiger partial charge in [-0.15, -0.1) is 0 Å². The molecule has 1 atom stereocenters. The largest absolute Gasteiger partial charge is 0.334 e. The van der Waals surface area contributed by atoms with E-state index in [1.54, 1.807) is 19.1 Å². The summed E-state index contributed by atoms with van der Waals surface area (Å²) in [5, 5.41) is 6.51. The van der Waals surface area contributed by atoms with Crippen LogP contribution in [0.15, 0.2) is 22.7 Å². The highest BCUT2D eigenvalue weighted by Crippen LogP contribution is 2.32. The number of nitrogens with zero attached hydrogens (tertiary/aromatic N) is 3. The number of likely N-dealkylation sites (tertiary alicyclic amines) is 1. The highest BCUT2D eigenvalue weighted by Gasteiger charge is 2.47. The number of rotatable bonds is 3. The summed E-state index contributed by atoms with van der Waals surface area (Å²) in [6, 6.07) is 5.35. The molecular formula is C19H25FN4O2. The van der Waals surface area contributed by atoms with E-state index in [4.69, 9.17) is 4.52 Å². The van der Waals surface area contributed by atoms with E-state index in [-0.39, 0.29) is 18.5 Å². The smallest absolute Gasteiger partial charge is 0.263 e. The van der Waals surface area contributed by atoms with Gasteiger partial charge in [0.05, 0.1) is 0 Å². The topological polar surface area (TPSA) is 71.3 Å². The van der Waals surface area contributed by atoms with E-state index >= 15 is 4.39 Å². The minimum Gasteiger partial charge on any atom is -0.334 e. The second kappa shape index (κ2) is 6.46. The fraction of sp³-hybridized carbons (Fsp3) is 0.526. The number of benzene rings is 1. The number of alkyl halides is 1. The van der Waals surface area contributed by atoms with E-state index < -0.39 is 11.6 Å². The molecule has 1 saturated heterocycles. The molecule has 1 aromatic heterocycles. The Morgan fingerprint density at radius 3 is 2.62 bits per heavy atom. The number of amides is 1. The zero-order valence-corrected chi connectivity index (χ0v) is 15.9. The second-order valence-electron chi connectivity index (χ2n) is 7.94. The number of aromatic nitrogens is 2. The number of anilines is 1. The zero-order chi connectivity index (χ0) is 19.1. The highest BCUT2D eigenvalue weighted by molar-refractivity contribution is 5.98. The molecule has 0 bridgehead atoms. The summed E-state index contributed by atoms with van der Waals surface area (Å²) in [5.74, 6) is 0.384. The average Bonchev–Trinajstić information content (AvgIpc) is 3.16. The van der Waals surface area contributed by atoms with Crippen LogP contribution in [0.1, 0.15) is 38.6 Å². The van der Waals surface area contributed by atoms with Gasteiger partial charge in [0, 0.05) is 36.3 Å². The number of nitrogens with one attached hydrogen (secondary N) is 1. The van der Waals surface area contributed by atoms with Crippen molar-refractivity contribution in [3.05, 3.63) is 29.6 Å².